The van der Waals surface area contributed by atoms with Gasteiger partial charge in [0.05, 0.1) is 11.5 Å². The van der Waals surface area contributed by atoms with Crippen LogP contribution in [0.5, 0.6) is 0 Å². The van der Waals surface area contributed by atoms with Crippen LogP contribution >= 0.6 is 11.3 Å². The van der Waals surface area contributed by atoms with Crippen LogP contribution in [0, 0.1) is 0 Å². The summed E-state index contributed by atoms with van der Waals surface area (Å²) in [6.07, 6.45) is 2.30. The second kappa shape index (κ2) is 7.44. The lowest BCUT2D eigenvalue weighted by Gasteiger charge is -2.14. The fraction of sp³-hybridized carbons (Fsp3) is 0.208. The highest BCUT2D eigenvalue weighted by Gasteiger charge is 2.19. The third kappa shape index (κ3) is 3.08. The molecule has 1 N–H and O–H groups in total. The van der Waals surface area contributed by atoms with Crippen molar-refractivity contribution in [3.05, 3.63) is 70.3 Å². The van der Waals surface area contributed by atoms with Crippen LogP contribution in [0.1, 0.15) is 12.8 Å². The summed E-state index contributed by atoms with van der Waals surface area (Å²) in [6.45, 7) is 1.47. The smallest absolute Gasteiger partial charge is 0.283 e. The molecule has 2 aromatic carbocycles. The number of ether oxygens (including phenoxy) is 1. The van der Waals surface area contributed by atoms with Crippen LogP contribution in [0.3, 0.4) is 0 Å². The molecule has 154 valence electrons. The highest BCUT2D eigenvalue weighted by Crippen LogP contribution is 2.32. The van der Waals surface area contributed by atoms with E-state index in [1.165, 1.54) is 15.9 Å². The topological polar surface area (TPSA) is 68.5 Å². The molecule has 0 saturated carbocycles. The quantitative estimate of drug-likeness (QED) is 0.420. The summed E-state index contributed by atoms with van der Waals surface area (Å²) in [5, 5.41) is 12.6. The number of aromatic nitrogens is 3. The third-order valence-corrected chi connectivity index (χ3v) is 6.69. The Morgan fingerprint density at radius 3 is 2.71 bits per heavy atom. The van der Waals surface area contributed by atoms with Crippen LogP contribution in [-0.4, -0.2) is 33.9 Å². The van der Waals surface area contributed by atoms with E-state index in [4.69, 9.17) is 14.8 Å². The fourth-order valence-electron chi connectivity index (χ4n) is 4.26. The van der Waals surface area contributed by atoms with Crippen LogP contribution in [0.15, 0.2) is 64.8 Å². The Morgan fingerprint density at radius 2 is 1.90 bits per heavy atom. The molecule has 0 bridgehead atoms. The average Bonchev–Trinajstić information content (AvgIpc) is 3.49. The number of nitrogens with zero attached hydrogens (tertiary/aromatic N) is 3. The largest absolute Gasteiger partial charge is 0.376 e. The molecule has 3 aromatic heterocycles. The average molecular weight is 429 g/mol. The first kappa shape index (κ1) is 18.5. The molecule has 0 radical (unpaired) electrons. The molecule has 1 saturated heterocycles. The van der Waals surface area contributed by atoms with Gasteiger partial charge in [-0.3, -0.25) is 4.79 Å². The van der Waals surface area contributed by atoms with E-state index < -0.39 is 0 Å². The standard InChI is InChI=1S/C24H20N4O2S/c29-24-20-19(15-7-2-1-3-8-15)14-31-23(20)26-22-18-11-5-4-10-17(18)21(27-28(22)24)25-13-16-9-6-12-30-16/h1-5,7-8,10-11,14,16H,6,9,12-13H2,(H,25,27)/t16-/m1/s1. The summed E-state index contributed by atoms with van der Waals surface area (Å²) in [5.74, 6) is 0.679. The van der Waals surface area contributed by atoms with E-state index in [9.17, 15) is 4.79 Å². The van der Waals surface area contributed by atoms with E-state index in [1.807, 2.05) is 60.0 Å². The number of hydrogen-bond acceptors (Lipinski definition) is 6. The van der Waals surface area contributed by atoms with Crippen LogP contribution < -0.4 is 10.9 Å². The van der Waals surface area contributed by atoms with Crippen molar-refractivity contribution in [3.8, 4) is 11.1 Å². The van der Waals surface area contributed by atoms with Gasteiger partial charge in [0.15, 0.2) is 11.5 Å². The molecule has 0 unspecified atom stereocenters. The van der Waals surface area contributed by atoms with Gasteiger partial charge in [-0.05, 0) is 18.4 Å². The second-order valence-corrected chi connectivity index (χ2v) is 8.62. The molecule has 5 aromatic rings. The zero-order valence-corrected chi connectivity index (χ0v) is 17.6. The van der Waals surface area contributed by atoms with Crippen molar-refractivity contribution in [1.29, 1.82) is 0 Å². The zero-order valence-electron chi connectivity index (χ0n) is 16.7. The van der Waals surface area contributed by atoms with Gasteiger partial charge >= 0.3 is 0 Å². The summed E-state index contributed by atoms with van der Waals surface area (Å²) >= 11 is 1.49. The summed E-state index contributed by atoms with van der Waals surface area (Å²) in [4.78, 5) is 19.2. The molecule has 7 heteroatoms. The van der Waals surface area contributed by atoms with Gasteiger partial charge in [0, 0.05) is 34.9 Å². The summed E-state index contributed by atoms with van der Waals surface area (Å²) in [5.41, 5.74) is 2.34. The molecule has 4 heterocycles. The number of anilines is 1. The van der Waals surface area contributed by atoms with Gasteiger partial charge in [0.2, 0.25) is 0 Å². The van der Waals surface area contributed by atoms with Gasteiger partial charge in [0.25, 0.3) is 5.56 Å². The van der Waals surface area contributed by atoms with Crippen molar-refractivity contribution in [2.75, 3.05) is 18.5 Å². The lowest BCUT2D eigenvalue weighted by molar-refractivity contribution is 0.120. The van der Waals surface area contributed by atoms with Crippen molar-refractivity contribution in [2.24, 2.45) is 0 Å². The van der Waals surface area contributed by atoms with Crippen LogP contribution in [0.2, 0.25) is 0 Å². The van der Waals surface area contributed by atoms with Gasteiger partial charge in [0.1, 0.15) is 4.83 Å². The normalized spacial score (nSPS) is 16.5. The lowest BCUT2D eigenvalue weighted by Crippen LogP contribution is -2.23. The van der Waals surface area contributed by atoms with Gasteiger partial charge in [-0.1, -0.05) is 54.6 Å². The first-order chi connectivity index (χ1) is 15.3. The number of nitrogens with one attached hydrogen (secondary N) is 1. The van der Waals surface area contributed by atoms with Crippen molar-refractivity contribution in [1.82, 2.24) is 14.6 Å². The second-order valence-electron chi connectivity index (χ2n) is 7.76. The zero-order chi connectivity index (χ0) is 20.8. The number of rotatable bonds is 4. The highest BCUT2D eigenvalue weighted by molar-refractivity contribution is 7.17. The van der Waals surface area contributed by atoms with E-state index >= 15 is 0 Å². The maximum atomic E-state index is 13.6. The fourth-order valence-corrected chi connectivity index (χ4v) is 5.20. The molecule has 6 nitrogen and oxygen atoms in total. The van der Waals surface area contributed by atoms with Gasteiger partial charge in [-0.2, -0.15) is 4.52 Å². The van der Waals surface area contributed by atoms with E-state index in [-0.39, 0.29) is 11.7 Å². The molecular formula is C24H20N4O2S. The number of hydrogen-bond donors (Lipinski definition) is 1. The van der Waals surface area contributed by atoms with E-state index in [2.05, 4.69) is 5.32 Å². The Labute approximate surface area is 182 Å². The number of thiophene rings is 1. The molecule has 31 heavy (non-hydrogen) atoms. The Hall–Kier alpha value is -3.29. The van der Waals surface area contributed by atoms with Gasteiger partial charge in [-0.25, -0.2) is 4.98 Å². The molecular weight excluding hydrogens is 408 g/mol. The highest BCUT2D eigenvalue weighted by atomic mass is 32.1. The predicted octanol–water partition coefficient (Wildman–Crippen LogP) is 4.72. The van der Waals surface area contributed by atoms with Crippen LogP contribution in [0.25, 0.3) is 37.8 Å². The van der Waals surface area contributed by atoms with Gasteiger partial charge < -0.3 is 10.1 Å². The minimum absolute atomic E-state index is 0.147. The minimum Gasteiger partial charge on any atom is -0.376 e. The molecule has 1 aliphatic heterocycles. The summed E-state index contributed by atoms with van der Waals surface area (Å²) in [7, 11) is 0. The minimum atomic E-state index is -0.147. The maximum Gasteiger partial charge on any atom is 0.283 e. The third-order valence-electron chi connectivity index (χ3n) is 5.81. The van der Waals surface area contributed by atoms with Crippen molar-refractivity contribution in [2.45, 2.75) is 18.9 Å². The molecule has 0 amide bonds. The Bertz CT molecular complexity index is 1470. The first-order valence-corrected chi connectivity index (χ1v) is 11.3. The number of fused-ring (bicyclic) bond motifs is 4. The maximum absolute atomic E-state index is 13.6. The lowest BCUT2D eigenvalue weighted by atomic mass is 10.1. The van der Waals surface area contributed by atoms with Crippen molar-refractivity contribution in [3.63, 3.8) is 0 Å². The van der Waals surface area contributed by atoms with E-state index in [1.54, 1.807) is 0 Å². The van der Waals surface area contributed by atoms with E-state index in [0.717, 1.165) is 46.2 Å². The molecule has 1 fully saturated rings. The Balaban J connectivity index is 1.58. The SMILES string of the molecule is O=c1c2c(-c3ccccc3)csc2nc2c3ccccc3c(NC[C@H]3CCCO3)nn12. The van der Waals surface area contributed by atoms with Crippen molar-refractivity contribution < 1.29 is 4.74 Å². The summed E-state index contributed by atoms with van der Waals surface area (Å²) in [6, 6.07) is 17.9. The van der Waals surface area contributed by atoms with Crippen LogP contribution in [-0.2, 0) is 4.74 Å². The number of benzene rings is 2. The Morgan fingerprint density at radius 1 is 1.10 bits per heavy atom. The van der Waals surface area contributed by atoms with Crippen molar-refractivity contribution >= 4 is 43.8 Å². The molecule has 1 aliphatic rings. The monoisotopic (exact) mass is 428 g/mol. The van der Waals surface area contributed by atoms with E-state index in [0.29, 0.717) is 23.4 Å². The first-order valence-electron chi connectivity index (χ1n) is 10.4. The molecule has 1 atom stereocenters. The van der Waals surface area contributed by atoms with Gasteiger partial charge in [-0.15, -0.1) is 16.4 Å². The summed E-state index contributed by atoms with van der Waals surface area (Å²) < 4.78 is 7.19. The Kier molecular flexibility index (Phi) is 4.44. The predicted molar refractivity (Wildman–Crippen MR) is 125 cm³/mol. The molecule has 6 rings (SSSR count). The molecule has 0 spiro atoms. The van der Waals surface area contributed by atoms with Crippen LogP contribution in [0.4, 0.5) is 5.82 Å². The molecule has 0 aliphatic carbocycles.